The van der Waals surface area contributed by atoms with Gasteiger partial charge in [0.1, 0.15) is 9.88 Å². The highest BCUT2D eigenvalue weighted by atomic mass is 32.1. The van der Waals surface area contributed by atoms with E-state index in [1.54, 1.807) is 30.5 Å². The van der Waals surface area contributed by atoms with Gasteiger partial charge >= 0.3 is 5.97 Å². The summed E-state index contributed by atoms with van der Waals surface area (Å²) in [5, 5.41) is 3.54. The van der Waals surface area contributed by atoms with Gasteiger partial charge in [-0.2, -0.15) is 0 Å². The van der Waals surface area contributed by atoms with Crippen LogP contribution in [0.5, 0.6) is 0 Å². The molecule has 0 bridgehead atoms. The van der Waals surface area contributed by atoms with Crippen LogP contribution in [-0.4, -0.2) is 24.0 Å². The Morgan fingerprint density at radius 2 is 1.75 bits per heavy atom. The van der Waals surface area contributed by atoms with Gasteiger partial charge in [-0.05, 0) is 24.3 Å². The number of rotatable bonds is 4. The fraction of sp³-hybridized carbons (Fsp3) is 0.0556. The lowest BCUT2D eigenvalue weighted by atomic mass is 10.1. The third-order valence-corrected chi connectivity index (χ3v) is 4.36. The summed E-state index contributed by atoms with van der Waals surface area (Å²) >= 11 is 1.29. The number of hydrogen-bond donors (Lipinski definition) is 1. The highest BCUT2D eigenvalue weighted by Crippen LogP contribution is 2.26. The first-order chi connectivity index (χ1) is 11.7. The maximum Gasteiger partial charge on any atom is 0.337 e. The van der Waals surface area contributed by atoms with Crippen LogP contribution in [-0.2, 0) is 4.74 Å². The zero-order chi connectivity index (χ0) is 16.9. The van der Waals surface area contributed by atoms with Crippen molar-refractivity contribution >= 4 is 28.9 Å². The maximum atomic E-state index is 12.2. The highest BCUT2D eigenvalue weighted by Gasteiger charge is 2.13. The van der Waals surface area contributed by atoms with Crippen LogP contribution in [0, 0.1) is 0 Å². The average molecular weight is 338 g/mol. The third-order valence-electron chi connectivity index (χ3n) is 3.31. The van der Waals surface area contributed by atoms with Gasteiger partial charge in [0.05, 0.1) is 18.9 Å². The molecule has 0 aliphatic heterocycles. The second kappa shape index (κ2) is 7.06. The summed E-state index contributed by atoms with van der Waals surface area (Å²) in [5.74, 6) is -0.584. The van der Waals surface area contributed by atoms with Crippen molar-refractivity contribution < 1.29 is 14.3 Å². The summed E-state index contributed by atoms with van der Waals surface area (Å²) in [4.78, 5) is 28.5. The number of carbonyl (C=O) groups is 2. The summed E-state index contributed by atoms with van der Waals surface area (Å²) < 4.78 is 4.67. The fourth-order valence-corrected chi connectivity index (χ4v) is 2.91. The van der Waals surface area contributed by atoms with Crippen LogP contribution in [0.3, 0.4) is 0 Å². The zero-order valence-corrected chi connectivity index (χ0v) is 13.7. The number of ether oxygens (including phenoxy) is 1. The molecule has 6 heteroatoms. The topological polar surface area (TPSA) is 68.3 Å². The minimum Gasteiger partial charge on any atom is -0.465 e. The molecule has 1 heterocycles. The van der Waals surface area contributed by atoms with Crippen LogP contribution in [0.2, 0.25) is 0 Å². The number of anilines is 1. The van der Waals surface area contributed by atoms with Gasteiger partial charge in [-0.15, -0.1) is 11.3 Å². The molecular formula is C18H14N2O3S. The molecule has 0 radical (unpaired) electrons. The maximum absolute atomic E-state index is 12.2. The van der Waals surface area contributed by atoms with Crippen molar-refractivity contribution in [2.45, 2.75) is 0 Å². The van der Waals surface area contributed by atoms with Gasteiger partial charge in [0, 0.05) is 11.3 Å². The van der Waals surface area contributed by atoms with E-state index in [2.05, 4.69) is 15.0 Å². The summed E-state index contributed by atoms with van der Waals surface area (Å²) in [6.07, 6.45) is 1.55. The number of thiazole rings is 1. The van der Waals surface area contributed by atoms with Crippen molar-refractivity contribution in [3.63, 3.8) is 0 Å². The Balaban J connectivity index is 1.75. The first-order valence-electron chi connectivity index (χ1n) is 7.18. The van der Waals surface area contributed by atoms with Crippen LogP contribution in [0.4, 0.5) is 5.69 Å². The molecule has 0 saturated carbocycles. The Hall–Kier alpha value is -2.99. The molecule has 3 aromatic rings. The Kier molecular flexibility index (Phi) is 4.67. The predicted molar refractivity (Wildman–Crippen MR) is 93.3 cm³/mol. The van der Waals surface area contributed by atoms with Crippen molar-refractivity contribution in [2.75, 3.05) is 12.4 Å². The molecule has 0 fully saturated rings. The van der Waals surface area contributed by atoms with Gasteiger partial charge in [-0.3, -0.25) is 4.79 Å². The van der Waals surface area contributed by atoms with Gasteiger partial charge in [0.2, 0.25) is 0 Å². The number of methoxy groups -OCH3 is 1. The van der Waals surface area contributed by atoms with E-state index in [4.69, 9.17) is 0 Å². The van der Waals surface area contributed by atoms with Gasteiger partial charge in [0.15, 0.2) is 0 Å². The first-order valence-corrected chi connectivity index (χ1v) is 8.00. The van der Waals surface area contributed by atoms with Gasteiger partial charge in [-0.25, -0.2) is 9.78 Å². The van der Waals surface area contributed by atoms with Crippen LogP contribution < -0.4 is 5.32 Å². The monoisotopic (exact) mass is 338 g/mol. The second-order valence-electron chi connectivity index (χ2n) is 4.92. The van der Waals surface area contributed by atoms with Crippen LogP contribution in [0.1, 0.15) is 20.0 Å². The SMILES string of the molecule is COC(=O)c1ccc(-c2ncc(C(=O)Nc3ccccc3)s2)cc1. The molecule has 1 aromatic heterocycles. The predicted octanol–water partition coefficient (Wildman–Crippen LogP) is 3.85. The van der Waals surface area contributed by atoms with E-state index in [0.717, 1.165) is 11.3 Å². The third kappa shape index (κ3) is 3.49. The Labute approximate surface area is 142 Å². The molecule has 2 aromatic carbocycles. The number of esters is 1. The van der Waals surface area contributed by atoms with E-state index >= 15 is 0 Å². The number of aromatic nitrogens is 1. The molecule has 120 valence electrons. The minimum atomic E-state index is -0.386. The molecule has 1 N–H and O–H groups in total. The lowest BCUT2D eigenvalue weighted by Gasteiger charge is -2.02. The Bertz CT molecular complexity index is 857. The molecule has 3 rings (SSSR count). The summed E-state index contributed by atoms with van der Waals surface area (Å²) in [6, 6.07) is 16.2. The summed E-state index contributed by atoms with van der Waals surface area (Å²) in [5.41, 5.74) is 2.05. The molecule has 24 heavy (non-hydrogen) atoms. The van der Waals surface area contributed by atoms with Gasteiger partial charge in [0.25, 0.3) is 5.91 Å². The largest absolute Gasteiger partial charge is 0.465 e. The number of para-hydroxylation sites is 1. The van der Waals surface area contributed by atoms with Gasteiger partial charge < -0.3 is 10.1 Å². The number of hydrogen-bond acceptors (Lipinski definition) is 5. The van der Waals surface area contributed by atoms with Crippen LogP contribution >= 0.6 is 11.3 Å². The van der Waals surface area contributed by atoms with Crippen molar-refractivity contribution in [1.29, 1.82) is 0 Å². The molecule has 0 spiro atoms. The first kappa shape index (κ1) is 15.9. The van der Waals surface area contributed by atoms with Crippen molar-refractivity contribution in [3.8, 4) is 10.6 Å². The average Bonchev–Trinajstić information content (AvgIpc) is 3.12. The lowest BCUT2D eigenvalue weighted by molar-refractivity contribution is 0.0600. The highest BCUT2D eigenvalue weighted by molar-refractivity contribution is 7.17. The summed E-state index contributed by atoms with van der Waals surface area (Å²) in [7, 11) is 1.34. The van der Waals surface area contributed by atoms with Crippen LogP contribution in [0.15, 0.2) is 60.8 Å². The van der Waals surface area contributed by atoms with E-state index in [9.17, 15) is 9.59 Å². The minimum absolute atomic E-state index is 0.198. The fourth-order valence-electron chi connectivity index (χ4n) is 2.09. The Morgan fingerprint density at radius 3 is 2.42 bits per heavy atom. The smallest absolute Gasteiger partial charge is 0.337 e. The standard InChI is InChI=1S/C18H14N2O3S/c1-23-18(22)13-9-7-12(8-10-13)17-19-11-15(24-17)16(21)20-14-5-3-2-4-6-14/h2-11H,1H3,(H,20,21). The van der Waals surface area contributed by atoms with E-state index in [0.29, 0.717) is 15.4 Å². The van der Waals surface area contributed by atoms with Crippen molar-refractivity contribution in [3.05, 3.63) is 71.2 Å². The molecular weight excluding hydrogens is 324 g/mol. The zero-order valence-electron chi connectivity index (χ0n) is 12.9. The number of benzene rings is 2. The molecule has 0 atom stereocenters. The van der Waals surface area contributed by atoms with Crippen molar-refractivity contribution in [1.82, 2.24) is 4.98 Å². The quantitative estimate of drug-likeness (QED) is 0.734. The van der Waals surface area contributed by atoms with E-state index in [-0.39, 0.29) is 11.9 Å². The van der Waals surface area contributed by atoms with Crippen molar-refractivity contribution in [2.24, 2.45) is 0 Å². The summed E-state index contributed by atoms with van der Waals surface area (Å²) in [6.45, 7) is 0. The molecule has 5 nitrogen and oxygen atoms in total. The lowest BCUT2D eigenvalue weighted by Crippen LogP contribution is -2.09. The van der Waals surface area contributed by atoms with Crippen LogP contribution in [0.25, 0.3) is 10.6 Å². The van der Waals surface area contributed by atoms with E-state index in [1.807, 2.05) is 30.3 Å². The normalized spacial score (nSPS) is 10.2. The molecule has 0 aliphatic rings. The molecule has 0 unspecified atom stereocenters. The van der Waals surface area contributed by atoms with Gasteiger partial charge in [-0.1, -0.05) is 30.3 Å². The van der Waals surface area contributed by atoms with E-state index < -0.39 is 0 Å². The number of carbonyl (C=O) groups excluding carboxylic acids is 2. The van der Waals surface area contributed by atoms with E-state index in [1.165, 1.54) is 18.4 Å². The number of amides is 1. The second-order valence-corrected chi connectivity index (χ2v) is 5.95. The molecule has 0 aliphatic carbocycles. The molecule has 1 amide bonds. The number of nitrogens with zero attached hydrogens (tertiary/aromatic N) is 1. The molecule has 0 saturated heterocycles. The number of nitrogens with one attached hydrogen (secondary N) is 1. The Morgan fingerprint density at radius 1 is 1.04 bits per heavy atom.